The molecule has 0 radical (unpaired) electrons. The molecular weight excluding hydrogens is 380 g/mol. The van der Waals surface area contributed by atoms with Gasteiger partial charge in [0.2, 0.25) is 0 Å². The molecule has 0 unspecified atom stereocenters. The van der Waals surface area contributed by atoms with Gasteiger partial charge in [0.1, 0.15) is 5.02 Å². The van der Waals surface area contributed by atoms with Crippen molar-refractivity contribution in [3.8, 4) is 0 Å². The van der Waals surface area contributed by atoms with E-state index in [1.54, 1.807) is 18.0 Å². The molecule has 2 rings (SSSR count). The maximum Gasteiger partial charge on any atom is 0.287 e. The molecule has 1 aliphatic rings. The fraction of sp³-hybridized carbons (Fsp3) is 0.810. The zero-order valence-electron chi connectivity index (χ0n) is 17.7. The highest BCUT2D eigenvalue weighted by Crippen LogP contribution is 2.34. The Balaban J connectivity index is 1.80. The van der Waals surface area contributed by atoms with E-state index in [4.69, 9.17) is 16.3 Å². The van der Waals surface area contributed by atoms with Gasteiger partial charge in [-0.3, -0.25) is 4.79 Å². The minimum Gasteiger partial charge on any atom is -0.381 e. The SMILES string of the molecule is CC(C)(C)COCC1CCC(CSc2cnn(C(C)(C)C)c(=O)c2Cl)CC1. The zero-order valence-corrected chi connectivity index (χ0v) is 19.3. The van der Waals surface area contributed by atoms with Crippen molar-refractivity contribution in [3.05, 3.63) is 21.6 Å². The van der Waals surface area contributed by atoms with Crippen molar-refractivity contribution >= 4 is 23.4 Å². The second-order valence-electron chi connectivity index (χ2n) is 9.98. The highest BCUT2D eigenvalue weighted by atomic mass is 35.5. The summed E-state index contributed by atoms with van der Waals surface area (Å²) in [6.45, 7) is 14.2. The summed E-state index contributed by atoms with van der Waals surface area (Å²) in [5.41, 5.74) is -0.325. The fourth-order valence-corrected chi connectivity index (χ4v) is 4.68. The molecule has 6 heteroatoms. The summed E-state index contributed by atoms with van der Waals surface area (Å²) >= 11 is 8.00. The molecule has 1 aromatic rings. The van der Waals surface area contributed by atoms with Crippen molar-refractivity contribution in [2.24, 2.45) is 17.3 Å². The van der Waals surface area contributed by atoms with Gasteiger partial charge in [-0.25, -0.2) is 4.68 Å². The summed E-state index contributed by atoms with van der Waals surface area (Å²) in [7, 11) is 0. The Morgan fingerprint density at radius 2 is 1.74 bits per heavy atom. The van der Waals surface area contributed by atoms with Gasteiger partial charge in [-0.05, 0) is 63.7 Å². The maximum absolute atomic E-state index is 12.4. The van der Waals surface area contributed by atoms with Gasteiger partial charge < -0.3 is 4.74 Å². The van der Waals surface area contributed by atoms with Crippen LogP contribution in [-0.4, -0.2) is 28.7 Å². The van der Waals surface area contributed by atoms with Gasteiger partial charge >= 0.3 is 0 Å². The van der Waals surface area contributed by atoms with E-state index in [0.717, 1.165) is 23.9 Å². The molecule has 0 saturated heterocycles. The quantitative estimate of drug-likeness (QED) is 0.567. The molecule has 0 bridgehead atoms. The van der Waals surface area contributed by atoms with Crippen molar-refractivity contribution in [2.45, 2.75) is 77.7 Å². The standard InChI is InChI=1S/C21H35ClN2O2S/c1-20(2,3)14-26-12-15-7-9-16(10-8-15)13-27-17-11-23-24(21(4,5)6)19(25)18(17)22/h11,15-16H,7-10,12-14H2,1-6H3. The van der Waals surface area contributed by atoms with Crippen molar-refractivity contribution < 1.29 is 4.74 Å². The van der Waals surface area contributed by atoms with Crippen molar-refractivity contribution in [1.29, 1.82) is 0 Å². The number of nitrogens with zero attached hydrogens (tertiary/aromatic N) is 2. The van der Waals surface area contributed by atoms with Crippen molar-refractivity contribution in [1.82, 2.24) is 9.78 Å². The summed E-state index contributed by atoms with van der Waals surface area (Å²) in [6.07, 6.45) is 6.65. The molecule has 27 heavy (non-hydrogen) atoms. The Morgan fingerprint density at radius 1 is 1.15 bits per heavy atom. The van der Waals surface area contributed by atoms with Crippen LogP contribution in [0.1, 0.15) is 67.2 Å². The second-order valence-corrected chi connectivity index (χ2v) is 11.4. The minimum atomic E-state index is -0.364. The molecule has 1 heterocycles. The van der Waals surface area contributed by atoms with Gasteiger partial charge in [-0.15, -0.1) is 11.8 Å². The Bertz CT molecular complexity index is 668. The van der Waals surface area contributed by atoms with E-state index >= 15 is 0 Å². The Hall–Kier alpha value is -0.520. The Labute approximate surface area is 173 Å². The molecule has 0 N–H and O–H groups in total. The molecule has 1 saturated carbocycles. The lowest BCUT2D eigenvalue weighted by molar-refractivity contribution is 0.0357. The lowest BCUT2D eigenvalue weighted by Crippen LogP contribution is -2.36. The molecular formula is C21H35ClN2O2S. The second kappa shape index (κ2) is 9.32. The third-order valence-electron chi connectivity index (χ3n) is 4.85. The summed E-state index contributed by atoms with van der Waals surface area (Å²) in [5, 5.41) is 4.62. The lowest BCUT2D eigenvalue weighted by atomic mass is 9.83. The monoisotopic (exact) mass is 414 g/mol. The van der Waals surface area contributed by atoms with E-state index in [0.29, 0.717) is 16.9 Å². The number of rotatable bonds is 6. The van der Waals surface area contributed by atoms with Crippen LogP contribution < -0.4 is 5.56 Å². The first-order chi connectivity index (χ1) is 12.5. The third kappa shape index (κ3) is 7.10. The maximum atomic E-state index is 12.4. The topological polar surface area (TPSA) is 44.1 Å². The normalized spacial score (nSPS) is 21.4. The van der Waals surface area contributed by atoms with Crippen LogP contribution >= 0.6 is 23.4 Å². The number of hydrogen-bond acceptors (Lipinski definition) is 4. The number of halogens is 1. The van der Waals surface area contributed by atoms with Gasteiger partial charge in [-0.2, -0.15) is 5.10 Å². The average Bonchev–Trinajstić information content (AvgIpc) is 2.55. The minimum absolute atomic E-state index is 0.200. The number of ether oxygens (including phenoxy) is 1. The van der Waals surface area contributed by atoms with Crippen LogP contribution in [0.3, 0.4) is 0 Å². The van der Waals surface area contributed by atoms with E-state index in [2.05, 4.69) is 25.9 Å². The van der Waals surface area contributed by atoms with E-state index in [9.17, 15) is 4.79 Å². The molecule has 4 nitrogen and oxygen atoms in total. The molecule has 1 aliphatic carbocycles. The average molecular weight is 415 g/mol. The largest absolute Gasteiger partial charge is 0.381 e. The van der Waals surface area contributed by atoms with E-state index in [1.807, 2.05) is 20.8 Å². The molecule has 0 amide bonds. The van der Waals surface area contributed by atoms with Crippen LogP contribution in [0.4, 0.5) is 0 Å². The first-order valence-corrected chi connectivity index (χ1v) is 11.3. The lowest BCUT2D eigenvalue weighted by Gasteiger charge is -2.29. The smallest absolute Gasteiger partial charge is 0.287 e. The Kier molecular flexibility index (Phi) is 7.86. The molecule has 1 aromatic heterocycles. The highest BCUT2D eigenvalue weighted by molar-refractivity contribution is 7.99. The molecule has 1 fully saturated rings. The predicted molar refractivity (Wildman–Crippen MR) is 115 cm³/mol. The van der Waals surface area contributed by atoms with Crippen LogP contribution in [-0.2, 0) is 10.3 Å². The van der Waals surface area contributed by atoms with Gasteiger partial charge in [0.25, 0.3) is 5.56 Å². The number of hydrogen-bond donors (Lipinski definition) is 0. The third-order valence-corrected chi connectivity index (χ3v) is 6.59. The molecule has 0 aliphatic heterocycles. The van der Waals surface area contributed by atoms with E-state index in [-0.39, 0.29) is 16.5 Å². The van der Waals surface area contributed by atoms with Gasteiger partial charge in [-0.1, -0.05) is 32.4 Å². The van der Waals surface area contributed by atoms with Crippen molar-refractivity contribution in [3.63, 3.8) is 0 Å². The summed E-state index contributed by atoms with van der Waals surface area (Å²) in [6, 6.07) is 0. The first-order valence-electron chi connectivity index (χ1n) is 9.96. The first kappa shape index (κ1) is 22.8. The van der Waals surface area contributed by atoms with Gasteiger partial charge in [0, 0.05) is 12.4 Å². The number of aromatic nitrogens is 2. The van der Waals surface area contributed by atoms with Gasteiger partial charge in [0.05, 0.1) is 23.2 Å². The number of thioether (sulfide) groups is 1. The predicted octanol–water partition coefficient (Wildman–Crippen LogP) is 5.61. The summed E-state index contributed by atoms with van der Waals surface area (Å²) in [5.74, 6) is 2.36. The molecule has 0 aromatic carbocycles. The summed E-state index contributed by atoms with van der Waals surface area (Å²) < 4.78 is 7.36. The van der Waals surface area contributed by atoms with Crippen LogP contribution in [0.15, 0.2) is 15.9 Å². The zero-order chi connectivity index (χ0) is 20.2. The molecule has 154 valence electrons. The van der Waals surface area contributed by atoms with Crippen LogP contribution in [0.2, 0.25) is 5.02 Å². The molecule has 0 spiro atoms. The molecule has 0 atom stereocenters. The highest BCUT2D eigenvalue weighted by Gasteiger charge is 2.24. The van der Waals surface area contributed by atoms with Crippen molar-refractivity contribution in [2.75, 3.05) is 19.0 Å². The Morgan fingerprint density at radius 3 is 2.30 bits per heavy atom. The van der Waals surface area contributed by atoms with Crippen LogP contribution in [0.5, 0.6) is 0 Å². The van der Waals surface area contributed by atoms with E-state index in [1.165, 1.54) is 30.4 Å². The van der Waals surface area contributed by atoms with Crippen LogP contribution in [0.25, 0.3) is 0 Å². The van der Waals surface area contributed by atoms with E-state index < -0.39 is 0 Å². The fourth-order valence-electron chi connectivity index (χ4n) is 3.30. The summed E-state index contributed by atoms with van der Waals surface area (Å²) in [4.78, 5) is 13.2. The van der Waals surface area contributed by atoms with Gasteiger partial charge in [0.15, 0.2) is 0 Å². The van der Waals surface area contributed by atoms with Crippen LogP contribution in [0, 0.1) is 17.3 Å².